The minimum Gasteiger partial charge on any atom is -0.494 e. The molecule has 3 rings (SSSR count). The van der Waals surface area contributed by atoms with E-state index >= 15 is 0 Å². The van der Waals surface area contributed by atoms with Gasteiger partial charge in [0.25, 0.3) is 0 Å². The Balaban J connectivity index is 1.71. The number of carbonyl (C=O) groups is 1. The average Bonchev–Trinajstić information content (AvgIpc) is 3.17. The lowest BCUT2D eigenvalue weighted by atomic mass is 10.2. The summed E-state index contributed by atoms with van der Waals surface area (Å²) in [5, 5.41) is 2.91. The summed E-state index contributed by atoms with van der Waals surface area (Å²) in [4.78, 5) is 18.6. The van der Waals surface area contributed by atoms with Crippen molar-refractivity contribution in [3.8, 4) is 5.75 Å². The van der Waals surface area contributed by atoms with Crippen LogP contribution in [0.25, 0.3) is 0 Å². The monoisotopic (exact) mass is 351 g/mol. The van der Waals surface area contributed by atoms with E-state index in [1.54, 1.807) is 23.6 Å². The van der Waals surface area contributed by atoms with E-state index in [9.17, 15) is 4.79 Å². The van der Waals surface area contributed by atoms with Crippen LogP contribution >= 0.6 is 0 Å². The predicted octanol–water partition coefficient (Wildman–Crippen LogP) is 4.31. The number of anilines is 1. The molecule has 1 N–H and O–H groups in total. The molecule has 0 saturated carbocycles. The highest BCUT2D eigenvalue weighted by Gasteiger charge is 2.16. The third-order valence-electron chi connectivity index (χ3n) is 3.73. The Morgan fingerprint density at radius 2 is 2.00 bits per heavy atom. The van der Waals surface area contributed by atoms with Gasteiger partial charge in [-0.1, -0.05) is 6.07 Å². The fourth-order valence-electron chi connectivity index (χ4n) is 2.51. The van der Waals surface area contributed by atoms with Gasteiger partial charge >= 0.3 is 6.03 Å². The standard InChI is InChI=1S/C20H21N3O3/c1-2-25-18-9-7-17(8-10-18)22-20(24)23(15-19-6-4-12-26-19)14-16-5-3-11-21-13-16/h3-13H,2,14-15H2,1H3,(H,22,24). The van der Waals surface area contributed by atoms with Crippen molar-refractivity contribution in [2.24, 2.45) is 0 Å². The van der Waals surface area contributed by atoms with E-state index in [4.69, 9.17) is 9.15 Å². The number of nitrogens with zero attached hydrogens (tertiary/aromatic N) is 2. The third-order valence-corrected chi connectivity index (χ3v) is 3.73. The first-order valence-corrected chi connectivity index (χ1v) is 8.44. The second-order valence-corrected chi connectivity index (χ2v) is 5.68. The van der Waals surface area contributed by atoms with Crippen molar-refractivity contribution >= 4 is 11.7 Å². The zero-order chi connectivity index (χ0) is 18.2. The van der Waals surface area contributed by atoms with Crippen LogP contribution in [-0.2, 0) is 13.1 Å². The lowest BCUT2D eigenvalue weighted by molar-refractivity contribution is 0.201. The lowest BCUT2D eigenvalue weighted by Crippen LogP contribution is -2.34. The van der Waals surface area contributed by atoms with E-state index in [2.05, 4.69) is 10.3 Å². The Labute approximate surface area is 152 Å². The zero-order valence-electron chi connectivity index (χ0n) is 14.6. The molecule has 0 bridgehead atoms. The summed E-state index contributed by atoms with van der Waals surface area (Å²) >= 11 is 0. The van der Waals surface area contributed by atoms with E-state index in [1.807, 2.05) is 55.5 Å². The van der Waals surface area contributed by atoms with Crippen molar-refractivity contribution < 1.29 is 13.9 Å². The second-order valence-electron chi connectivity index (χ2n) is 5.68. The molecule has 6 heteroatoms. The summed E-state index contributed by atoms with van der Waals surface area (Å²) in [6, 6.07) is 14.5. The van der Waals surface area contributed by atoms with E-state index in [-0.39, 0.29) is 6.03 Å². The molecule has 134 valence electrons. The summed E-state index contributed by atoms with van der Waals surface area (Å²) < 4.78 is 10.8. The largest absolute Gasteiger partial charge is 0.494 e. The molecule has 0 aliphatic carbocycles. The Hall–Kier alpha value is -3.28. The van der Waals surface area contributed by atoms with Crippen molar-refractivity contribution in [3.63, 3.8) is 0 Å². The number of hydrogen-bond donors (Lipinski definition) is 1. The topological polar surface area (TPSA) is 67.6 Å². The van der Waals surface area contributed by atoms with Crippen LogP contribution in [0.4, 0.5) is 10.5 Å². The fraction of sp³-hybridized carbons (Fsp3) is 0.200. The van der Waals surface area contributed by atoms with Gasteiger partial charge in [-0.3, -0.25) is 4.98 Å². The number of carbonyl (C=O) groups excluding carboxylic acids is 1. The molecule has 2 heterocycles. The molecule has 26 heavy (non-hydrogen) atoms. The van der Waals surface area contributed by atoms with Gasteiger partial charge in [0, 0.05) is 24.6 Å². The summed E-state index contributed by atoms with van der Waals surface area (Å²) in [5.74, 6) is 1.49. The molecule has 1 aromatic carbocycles. The van der Waals surface area contributed by atoms with Gasteiger partial charge in [0.2, 0.25) is 0 Å². The molecule has 0 aliphatic rings. The van der Waals surface area contributed by atoms with Gasteiger partial charge < -0.3 is 19.4 Å². The number of amides is 2. The summed E-state index contributed by atoms with van der Waals surface area (Å²) in [7, 11) is 0. The summed E-state index contributed by atoms with van der Waals surface area (Å²) in [6.07, 6.45) is 5.06. The van der Waals surface area contributed by atoms with Gasteiger partial charge in [0.15, 0.2) is 0 Å². The van der Waals surface area contributed by atoms with Crippen LogP contribution in [-0.4, -0.2) is 22.5 Å². The molecule has 0 atom stereocenters. The highest BCUT2D eigenvalue weighted by Crippen LogP contribution is 2.17. The van der Waals surface area contributed by atoms with E-state index in [0.717, 1.165) is 17.1 Å². The first kappa shape index (κ1) is 17.5. The highest BCUT2D eigenvalue weighted by molar-refractivity contribution is 5.89. The van der Waals surface area contributed by atoms with Gasteiger partial charge in [-0.05, 0) is 55.0 Å². The Bertz CT molecular complexity index is 802. The molecule has 0 saturated heterocycles. The molecule has 0 radical (unpaired) electrons. The maximum atomic E-state index is 12.8. The number of rotatable bonds is 7. The van der Waals surface area contributed by atoms with E-state index in [0.29, 0.717) is 25.4 Å². The molecule has 0 unspecified atom stereocenters. The molecule has 0 fully saturated rings. The van der Waals surface area contributed by atoms with Gasteiger partial charge in [0.1, 0.15) is 11.5 Å². The SMILES string of the molecule is CCOc1ccc(NC(=O)N(Cc2cccnc2)Cc2ccco2)cc1. The lowest BCUT2D eigenvalue weighted by Gasteiger charge is -2.22. The fourth-order valence-corrected chi connectivity index (χ4v) is 2.51. The van der Waals surface area contributed by atoms with Crippen LogP contribution in [0.2, 0.25) is 0 Å². The Morgan fingerprint density at radius 1 is 1.15 bits per heavy atom. The Kier molecular flexibility index (Phi) is 5.88. The predicted molar refractivity (Wildman–Crippen MR) is 98.8 cm³/mol. The van der Waals surface area contributed by atoms with Crippen LogP contribution in [0.3, 0.4) is 0 Å². The Morgan fingerprint density at radius 3 is 2.65 bits per heavy atom. The van der Waals surface area contributed by atoms with Crippen molar-refractivity contribution in [1.82, 2.24) is 9.88 Å². The minimum absolute atomic E-state index is 0.214. The summed E-state index contributed by atoms with van der Waals surface area (Å²) in [6.45, 7) is 3.33. The highest BCUT2D eigenvalue weighted by atomic mass is 16.5. The van der Waals surface area contributed by atoms with Crippen LogP contribution in [0.1, 0.15) is 18.2 Å². The minimum atomic E-state index is -0.214. The van der Waals surface area contributed by atoms with Crippen molar-refractivity contribution in [3.05, 3.63) is 78.5 Å². The molecule has 6 nitrogen and oxygen atoms in total. The van der Waals surface area contributed by atoms with Crippen molar-refractivity contribution in [2.45, 2.75) is 20.0 Å². The quantitative estimate of drug-likeness (QED) is 0.689. The first-order chi connectivity index (χ1) is 12.7. The van der Waals surface area contributed by atoms with E-state index in [1.165, 1.54) is 0 Å². The molecule has 0 spiro atoms. The van der Waals surface area contributed by atoms with Gasteiger partial charge in [-0.25, -0.2) is 4.79 Å². The van der Waals surface area contributed by atoms with Crippen molar-refractivity contribution in [1.29, 1.82) is 0 Å². The smallest absolute Gasteiger partial charge is 0.322 e. The number of aromatic nitrogens is 1. The molecule has 0 aliphatic heterocycles. The zero-order valence-corrected chi connectivity index (χ0v) is 14.6. The number of hydrogen-bond acceptors (Lipinski definition) is 4. The number of urea groups is 1. The van der Waals surface area contributed by atoms with Crippen LogP contribution in [0, 0.1) is 0 Å². The number of ether oxygens (including phenoxy) is 1. The molecular weight excluding hydrogens is 330 g/mol. The van der Waals surface area contributed by atoms with Crippen LogP contribution in [0.5, 0.6) is 5.75 Å². The number of benzene rings is 1. The van der Waals surface area contributed by atoms with Gasteiger partial charge in [-0.2, -0.15) is 0 Å². The maximum absolute atomic E-state index is 12.8. The van der Waals surface area contributed by atoms with Crippen molar-refractivity contribution in [2.75, 3.05) is 11.9 Å². The molecule has 2 amide bonds. The maximum Gasteiger partial charge on any atom is 0.322 e. The number of pyridine rings is 1. The van der Waals surface area contributed by atoms with E-state index < -0.39 is 0 Å². The summed E-state index contributed by atoms with van der Waals surface area (Å²) in [5.41, 5.74) is 1.65. The van der Waals surface area contributed by atoms with Crippen LogP contribution < -0.4 is 10.1 Å². The average molecular weight is 351 g/mol. The molecule has 3 aromatic rings. The van der Waals surface area contributed by atoms with Gasteiger partial charge in [0.05, 0.1) is 19.4 Å². The second kappa shape index (κ2) is 8.71. The number of nitrogens with one attached hydrogen (secondary N) is 1. The van der Waals surface area contributed by atoms with Crippen LogP contribution in [0.15, 0.2) is 71.6 Å². The van der Waals surface area contributed by atoms with Gasteiger partial charge in [-0.15, -0.1) is 0 Å². The third kappa shape index (κ3) is 4.86. The number of furan rings is 1. The molecule has 2 aromatic heterocycles. The first-order valence-electron chi connectivity index (χ1n) is 8.44. The molecular formula is C20H21N3O3. The normalized spacial score (nSPS) is 10.3.